The first kappa shape index (κ1) is 14.9. The van der Waals surface area contributed by atoms with Gasteiger partial charge in [0.1, 0.15) is 16.9 Å². The molecule has 3 heteroatoms. The summed E-state index contributed by atoms with van der Waals surface area (Å²) in [6.07, 6.45) is 13.4. The van der Waals surface area contributed by atoms with Gasteiger partial charge in [-0.3, -0.25) is 0 Å². The fourth-order valence-corrected chi connectivity index (χ4v) is 5.32. The summed E-state index contributed by atoms with van der Waals surface area (Å²) in [5, 5.41) is 1.28. The Hall–Kier alpha value is -1.35. The summed E-state index contributed by atoms with van der Waals surface area (Å²) in [4.78, 5) is 0. The molecule has 126 valence electrons. The molecule has 1 aliphatic heterocycles. The second kappa shape index (κ2) is 5.59. The lowest BCUT2D eigenvalue weighted by atomic mass is 9.78. The third kappa shape index (κ3) is 2.32. The SMILES string of the molecule is S=c1oc2cc3c(cc2c2c1CCCC2)CCC1(CCCCC1)O3. The van der Waals surface area contributed by atoms with Crippen molar-refractivity contribution in [3.05, 3.63) is 33.5 Å². The molecule has 24 heavy (non-hydrogen) atoms. The molecule has 1 aromatic heterocycles. The van der Waals surface area contributed by atoms with Gasteiger partial charge in [-0.15, -0.1) is 0 Å². The van der Waals surface area contributed by atoms with Crippen molar-refractivity contribution in [1.29, 1.82) is 0 Å². The summed E-state index contributed by atoms with van der Waals surface area (Å²) in [6.45, 7) is 0. The number of hydrogen-bond donors (Lipinski definition) is 0. The van der Waals surface area contributed by atoms with Crippen molar-refractivity contribution in [3.63, 3.8) is 0 Å². The second-order valence-corrected chi connectivity index (χ2v) is 8.23. The highest BCUT2D eigenvalue weighted by Crippen LogP contribution is 2.44. The zero-order chi connectivity index (χ0) is 16.1. The van der Waals surface area contributed by atoms with Gasteiger partial charge < -0.3 is 9.15 Å². The Bertz CT molecular complexity index is 858. The van der Waals surface area contributed by atoms with Crippen molar-refractivity contribution >= 4 is 23.2 Å². The van der Waals surface area contributed by atoms with Gasteiger partial charge in [0.05, 0.1) is 0 Å². The fourth-order valence-electron chi connectivity index (χ4n) is 5.00. The van der Waals surface area contributed by atoms with Crippen LogP contribution in [0, 0.1) is 4.71 Å². The molecular formula is C21H24O2S. The highest BCUT2D eigenvalue weighted by molar-refractivity contribution is 7.71. The van der Waals surface area contributed by atoms with Crippen molar-refractivity contribution in [2.24, 2.45) is 0 Å². The molecule has 0 amide bonds. The van der Waals surface area contributed by atoms with Gasteiger partial charge in [0.2, 0.25) is 0 Å². The number of benzene rings is 1. The third-order valence-electron chi connectivity index (χ3n) is 6.35. The minimum absolute atomic E-state index is 0.0872. The van der Waals surface area contributed by atoms with Gasteiger partial charge in [-0.05, 0) is 93.6 Å². The van der Waals surface area contributed by atoms with E-state index in [1.807, 2.05) is 0 Å². The van der Waals surface area contributed by atoms with Crippen LogP contribution in [0.25, 0.3) is 11.0 Å². The van der Waals surface area contributed by atoms with E-state index in [1.165, 1.54) is 73.4 Å². The van der Waals surface area contributed by atoms with Crippen LogP contribution in [0.2, 0.25) is 0 Å². The van der Waals surface area contributed by atoms with E-state index in [0.717, 1.165) is 30.6 Å². The Morgan fingerprint density at radius 2 is 1.62 bits per heavy atom. The van der Waals surface area contributed by atoms with E-state index in [2.05, 4.69) is 12.1 Å². The number of aryl methyl sites for hydroxylation is 2. The van der Waals surface area contributed by atoms with Crippen molar-refractivity contribution in [2.75, 3.05) is 0 Å². The molecule has 2 aliphatic carbocycles. The maximum Gasteiger partial charge on any atom is 0.194 e. The molecule has 0 bridgehead atoms. The average molecular weight is 340 g/mol. The van der Waals surface area contributed by atoms with Crippen molar-refractivity contribution < 1.29 is 9.15 Å². The number of fused-ring (bicyclic) bond motifs is 4. The van der Waals surface area contributed by atoms with E-state index < -0.39 is 0 Å². The van der Waals surface area contributed by atoms with Crippen molar-refractivity contribution in [1.82, 2.24) is 0 Å². The molecule has 0 radical (unpaired) electrons. The summed E-state index contributed by atoms with van der Waals surface area (Å²) in [5.41, 5.74) is 5.09. The van der Waals surface area contributed by atoms with Crippen LogP contribution in [0.1, 0.15) is 68.1 Å². The highest BCUT2D eigenvalue weighted by Gasteiger charge is 2.37. The van der Waals surface area contributed by atoms with Crippen LogP contribution in [0.3, 0.4) is 0 Å². The Labute approximate surface area is 148 Å². The highest BCUT2D eigenvalue weighted by atomic mass is 32.1. The standard InChI is InChI=1S/C21H24O2S/c24-20-16-7-3-2-6-15(16)17-12-14-8-11-21(9-4-1-5-10-21)23-18(14)13-19(17)22-20/h12-13H,1-11H2. The summed E-state index contributed by atoms with van der Waals surface area (Å²) in [7, 11) is 0. The van der Waals surface area contributed by atoms with Gasteiger partial charge in [0, 0.05) is 17.0 Å². The van der Waals surface area contributed by atoms with Crippen LogP contribution >= 0.6 is 12.2 Å². The molecule has 1 fully saturated rings. The number of rotatable bonds is 0. The first-order valence-corrected chi connectivity index (χ1v) is 9.95. The molecule has 0 unspecified atom stereocenters. The Kier molecular flexibility index (Phi) is 3.48. The molecule has 1 saturated carbocycles. The molecule has 2 heterocycles. The monoisotopic (exact) mass is 340 g/mol. The predicted molar refractivity (Wildman–Crippen MR) is 98.5 cm³/mol. The maximum atomic E-state index is 6.56. The number of ether oxygens (including phenoxy) is 1. The molecule has 0 atom stereocenters. The summed E-state index contributed by atoms with van der Waals surface area (Å²) < 4.78 is 13.3. The fraction of sp³-hybridized carbons (Fsp3) is 0.571. The molecule has 2 nitrogen and oxygen atoms in total. The number of hydrogen-bond acceptors (Lipinski definition) is 3. The zero-order valence-electron chi connectivity index (χ0n) is 14.2. The summed E-state index contributed by atoms with van der Waals surface area (Å²) in [6, 6.07) is 4.47. The molecule has 1 aromatic carbocycles. The zero-order valence-corrected chi connectivity index (χ0v) is 15.0. The quantitative estimate of drug-likeness (QED) is 0.544. The molecule has 0 N–H and O–H groups in total. The van der Waals surface area contributed by atoms with Crippen LogP contribution in [-0.2, 0) is 19.3 Å². The summed E-state index contributed by atoms with van der Waals surface area (Å²) >= 11 is 5.53. The molecule has 2 aromatic rings. The van der Waals surface area contributed by atoms with Crippen molar-refractivity contribution in [2.45, 2.75) is 76.2 Å². The average Bonchev–Trinajstić information content (AvgIpc) is 2.61. The van der Waals surface area contributed by atoms with Crippen LogP contribution in [-0.4, -0.2) is 5.60 Å². The van der Waals surface area contributed by atoms with Crippen LogP contribution in [0.4, 0.5) is 0 Å². The predicted octanol–water partition coefficient (Wildman–Crippen LogP) is 6.07. The molecule has 3 aliphatic rings. The van der Waals surface area contributed by atoms with E-state index >= 15 is 0 Å². The Morgan fingerprint density at radius 1 is 0.833 bits per heavy atom. The van der Waals surface area contributed by atoms with E-state index in [9.17, 15) is 0 Å². The normalized spacial score (nSPS) is 22.0. The summed E-state index contributed by atoms with van der Waals surface area (Å²) in [5.74, 6) is 1.05. The minimum atomic E-state index is 0.0872. The van der Waals surface area contributed by atoms with E-state index in [-0.39, 0.29) is 5.60 Å². The maximum absolute atomic E-state index is 6.56. The molecular weight excluding hydrogens is 316 g/mol. The second-order valence-electron chi connectivity index (χ2n) is 7.86. The smallest absolute Gasteiger partial charge is 0.194 e. The lowest BCUT2D eigenvalue weighted by Crippen LogP contribution is -2.41. The van der Waals surface area contributed by atoms with E-state index in [4.69, 9.17) is 21.4 Å². The van der Waals surface area contributed by atoms with Gasteiger partial charge in [-0.25, -0.2) is 0 Å². The van der Waals surface area contributed by atoms with Gasteiger partial charge in [0.15, 0.2) is 4.71 Å². The first-order valence-electron chi connectivity index (χ1n) is 9.55. The van der Waals surface area contributed by atoms with Gasteiger partial charge in [0.25, 0.3) is 0 Å². The minimum Gasteiger partial charge on any atom is -0.487 e. The molecule has 1 spiro atoms. The Morgan fingerprint density at radius 3 is 2.46 bits per heavy atom. The van der Waals surface area contributed by atoms with Gasteiger partial charge in [-0.2, -0.15) is 0 Å². The Balaban J connectivity index is 1.63. The van der Waals surface area contributed by atoms with Crippen molar-refractivity contribution in [3.8, 4) is 5.75 Å². The van der Waals surface area contributed by atoms with Crippen LogP contribution in [0.15, 0.2) is 16.5 Å². The van der Waals surface area contributed by atoms with Gasteiger partial charge >= 0.3 is 0 Å². The lowest BCUT2D eigenvalue weighted by molar-refractivity contribution is 0.0109. The topological polar surface area (TPSA) is 22.4 Å². The van der Waals surface area contributed by atoms with Gasteiger partial charge in [-0.1, -0.05) is 6.42 Å². The third-order valence-corrected chi connectivity index (χ3v) is 6.68. The van der Waals surface area contributed by atoms with E-state index in [0.29, 0.717) is 4.71 Å². The van der Waals surface area contributed by atoms with Crippen LogP contribution in [0.5, 0.6) is 5.75 Å². The molecule has 0 saturated heterocycles. The largest absolute Gasteiger partial charge is 0.487 e. The lowest BCUT2D eigenvalue weighted by Gasteiger charge is -2.41. The van der Waals surface area contributed by atoms with E-state index in [1.54, 1.807) is 0 Å². The molecule has 5 rings (SSSR count). The van der Waals surface area contributed by atoms with Crippen LogP contribution < -0.4 is 4.74 Å². The first-order chi connectivity index (χ1) is 11.7.